The molecule has 2 rings (SSSR count). The van der Waals surface area contributed by atoms with Gasteiger partial charge in [-0.3, -0.25) is 9.69 Å². The maximum Gasteiger partial charge on any atom is 0.451 e. The number of rotatable bonds is 7. The first-order chi connectivity index (χ1) is 11.0. The fourth-order valence-electron chi connectivity index (χ4n) is 2.97. The lowest BCUT2D eigenvalue weighted by Crippen LogP contribution is -2.24. The Bertz CT molecular complexity index is 483. The lowest BCUT2D eigenvalue weighted by atomic mass is 9.80. The molecule has 0 radical (unpaired) electrons. The molecule has 0 aliphatic carbocycles. The molecule has 0 amide bonds. The summed E-state index contributed by atoms with van der Waals surface area (Å²) in [6.45, 7) is 1.88. The normalized spacial score (nSPS) is 20.9. The van der Waals surface area contributed by atoms with E-state index in [0.29, 0.717) is 38.8 Å². The standard InChI is InChI=1S/C13H22BN3O4.CH5N/c1-16-6-5-15-12(16)9-17-7-10(3-2-4-14(20)21)11(8-17)13(18)19;1-2/h5-6,10-11,20-21H,2-4,7-9H2,1H3,(H,18,19);2H2,1H3. The summed E-state index contributed by atoms with van der Waals surface area (Å²) in [7, 11) is 2.12. The van der Waals surface area contributed by atoms with Gasteiger partial charge in [0.05, 0.1) is 12.5 Å². The van der Waals surface area contributed by atoms with Crippen molar-refractivity contribution in [1.29, 1.82) is 0 Å². The van der Waals surface area contributed by atoms with Gasteiger partial charge in [0.2, 0.25) is 0 Å². The van der Waals surface area contributed by atoms with Crippen molar-refractivity contribution < 1.29 is 19.9 Å². The maximum absolute atomic E-state index is 11.4. The lowest BCUT2D eigenvalue weighted by molar-refractivity contribution is -0.142. The highest BCUT2D eigenvalue weighted by molar-refractivity contribution is 6.40. The minimum Gasteiger partial charge on any atom is -0.481 e. The SMILES string of the molecule is CN.Cn1ccnc1CN1CC(CCCB(O)O)C(C(=O)O)C1. The van der Waals surface area contributed by atoms with Gasteiger partial charge in [-0.25, -0.2) is 4.98 Å². The van der Waals surface area contributed by atoms with Gasteiger partial charge in [-0.2, -0.15) is 0 Å². The third-order valence-electron chi connectivity index (χ3n) is 4.16. The Balaban J connectivity index is 0.00000127. The molecule has 0 aromatic carbocycles. The average Bonchev–Trinajstić information content (AvgIpc) is 3.08. The molecule has 2 atom stereocenters. The third-order valence-corrected chi connectivity index (χ3v) is 4.16. The van der Waals surface area contributed by atoms with E-state index in [9.17, 15) is 9.90 Å². The number of carboxylic acids is 1. The number of nitrogens with zero attached hydrogens (tertiary/aromatic N) is 3. The predicted octanol–water partition coefficient (Wildman–Crippen LogP) is -0.619. The number of carbonyl (C=O) groups is 1. The monoisotopic (exact) mass is 326 g/mol. The zero-order valence-corrected chi connectivity index (χ0v) is 13.8. The van der Waals surface area contributed by atoms with Gasteiger partial charge < -0.3 is 25.5 Å². The first-order valence-corrected chi connectivity index (χ1v) is 7.82. The summed E-state index contributed by atoms with van der Waals surface area (Å²) in [4.78, 5) is 17.8. The van der Waals surface area contributed by atoms with Gasteiger partial charge >= 0.3 is 13.1 Å². The summed E-state index contributed by atoms with van der Waals surface area (Å²) >= 11 is 0. The van der Waals surface area contributed by atoms with Gasteiger partial charge in [0.25, 0.3) is 0 Å². The molecular formula is C14H27BN4O4. The minimum absolute atomic E-state index is 0.0570. The lowest BCUT2D eigenvalue weighted by Gasteiger charge is -2.15. The number of hydrogen-bond donors (Lipinski definition) is 4. The number of aromatic nitrogens is 2. The summed E-state index contributed by atoms with van der Waals surface area (Å²) in [5.41, 5.74) is 4.50. The predicted molar refractivity (Wildman–Crippen MR) is 87.4 cm³/mol. The summed E-state index contributed by atoms with van der Waals surface area (Å²) < 4.78 is 1.94. The van der Waals surface area contributed by atoms with Crippen LogP contribution in [0, 0.1) is 11.8 Å². The molecule has 0 spiro atoms. The fraction of sp³-hybridized carbons (Fsp3) is 0.714. The van der Waals surface area contributed by atoms with E-state index in [1.807, 2.05) is 17.8 Å². The van der Waals surface area contributed by atoms with E-state index >= 15 is 0 Å². The highest BCUT2D eigenvalue weighted by Gasteiger charge is 2.37. The number of aryl methyl sites for hydroxylation is 1. The van der Waals surface area contributed by atoms with E-state index in [1.165, 1.54) is 7.05 Å². The van der Waals surface area contributed by atoms with E-state index in [2.05, 4.69) is 15.6 Å². The maximum atomic E-state index is 11.4. The van der Waals surface area contributed by atoms with Crippen LogP contribution in [-0.4, -0.2) is 62.8 Å². The molecule has 1 fully saturated rings. The quantitative estimate of drug-likeness (QED) is 0.492. The largest absolute Gasteiger partial charge is 0.481 e. The smallest absolute Gasteiger partial charge is 0.451 e. The van der Waals surface area contributed by atoms with Crippen molar-refractivity contribution in [1.82, 2.24) is 14.5 Å². The fourth-order valence-corrected chi connectivity index (χ4v) is 2.97. The Kier molecular flexibility index (Phi) is 8.25. The van der Waals surface area contributed by atoms with Crippen molar-refractivity contribution in [3.63, 3.8) is 0 Å². The second-order valence-corrected chi connectivity index (χ2v) is 5.76. The van der Waals surface area contributed by atoms with Crippen LogP contribution in [0.15, 0.2) is 12.4 Å². The first kappa shape index (κ1) is 19.6. The molecule has 8 nitrogen and oxygen atoms in total. The first-order valence-electron chi connectivity index (χ1n) is 7.82. The number of nitrogens with two attached hydrogens (primary N) is 1. The molecule has 23 heavy (non-hydrogen) atoms. The Morgan fingerprint density at radius 2 is 2.13 bits per heavy atom. The van der Waals surface area contributed by atoms with Crippen LogP contribution in [0.1, 0.15) is 18.7 Å². The number of carboxylic acid groups (broad SMARTS) is 1. The van der Waals surface area contributed by atoms with Crippen molar-refractivity contribution in [2.45, 2.75) is 25.7 Å². The van der Waals surface area contributed by atoms with E-state index < -0.39 is 13.1 Å². The Morgan fingerprint density at radius 3 is 2.65 bits per heavy atom. The Hall–Kier alpha value is -1.42. The highest BCUT2D eigenvalue weighted by Crippen LogP contribution is 2.29. The average molecular weight is 326 g/mol. The van der Waals surface area contributed by atoms with Crippen molar-refractivity contribution >= 4 is 13.1 Å². The molecule has 1 aromatic rings. The van der Waals surface area contributed by atoms with Crippen LogP contribution < -0.4 is 5.73 Å². The van der Waals surface area contributed by atoms with E-state index in [0.717, 1.165) is 5.82 Å². The molecule has 1 aliphatic rings. The Labute approximate surface area is 137 Å². The molecule has 2 unspecified atom stereocenters. The van der Waals surface area contributed by atoms with Crippen LogP contribution in [0.2, 0.25) is 6.32 Å². The van der Waals surface area contributed by atoms with Gasteiger partial charge in [0.1, 0.15) is 5.82 Å². The zero-order chi connectivity index (χ0) is 17.4. The molecule has 2 heterocycles. The molecule has 0 bridgehead atoms. The molecule has 9 heteroatoms. The van der Waals surface area contributed by atoms with E-state index in [4.69, 9.17) is 10.0 Å². The van der Waals surface area contributed by atoms with E-state index in [-0.39, 0.29) is 11.8 Å². The van der Waals surface area contributed by atoms with Gasteiger partial charge in [-0.05, 0) is 25.7 Å². The molecular weight excluding hydrogens is 299 g/mol. The third kappa shape index (κ3) is 5.94. The van der Waals surface area contributed by atoms with Gasteiger partial charge in [0, 0.05) is 32.5 Å². The summed E-state index contributed by atoms with van der Waals surface area (Å²) in [6, 6.07) is 0. The molecule has 130 valence electrons. The number of aliphatic carboxylic acids is 1. The topological polar surface area (TPSA) is 125 Å². The minimum atomic E-state index is -1.31. The van der Waals surface area contributed by atoms with Crippen molar-refractivity contribution in [3.8, 4) is 0 Å². The van der Waals surface area contributed by atoms with Crippen LogP contribution in [0.4, 0.5) is 0 Å². The summed E-state index contributed by atoms with van der Waals surface area (Å²) in [6.07, 6.45) is 5.23. The van der Waals surface area contributed by atoms with Gasteiger partial charge in [-0.15, -0.1) is 0 Å². The van der Waals surface area contributed by atoms with Crippen molar-refractivity contribution in [2.24, 2.45) is 24.6 Å². The Morgan fingerprint density at radius 1 is 1.43 bits per heavy atom. The van der Waals surface area contributed by atoms with Gasteiger partial charge in [-0.1, -0.05) is 6.42 Å². The molecule has 0 saturated carbocycles. The van der Waals surface area contributed by atoms with Crippen LogP contribution in [0.3, 0.4) is 0 Å². The highest BCUT2D eigenvalue weighted by atomic mass is 16.4. The van der Waals surface area contributed by atoms with Crippen LogP contribution in [-0.2, 0) is 18.4 Å². The van der Waals surface area contributed by atoms with Crippen molar-refractivity contribution in [2.75, 3.05) is 20.1 Å². The summed E-state index contributed by atoms with van der Waals surface area (Å²) in [5.74, 6) is -0.180. The van der Waals surface area contributed by atoms with E-state index in [1.54, 1.807) is 6.20 Å². The molecule has 1 saturated heterocycles. The number of hydrogen-bond acceptors (Lipinski definition) is 6. The van der Waals surface area contributed by atoms with Gasteiger partial charge in [0.15, 0.2) is 0 Å². The summed E-state index contributed by atoms with van der Waals surface area (Å²) in [5, 5.41) is 27.1. The van der Waals surface area contributed by atoms with Crippen LogP contribution >= 0.6 is 0 Å². The van der Waals surface area contributed by atoms with Crippen LogP contribution in [0.25, 0.3) is 0 Å². The number of likely N-dealkylation sites (tertiary alicyclic amines) is 1. The second-order valence-electron chi connectivity index (χ2n) is 5.76. The molecule has 5 N–H and O–H groups in total. The van der Waals surface area contributed by atoms with Crippen molar-refractivity contribution in [3.05, 3.63) is 18.2 Å². The molecule has 1 aliphatic heterocycles. The zero-order valence-electron chi connectivity index (χ0n) is 13.8. The second kappa shape index (κ2) is 9.66. The van der Waals surface area contributed by atoms with Crippen LogP contribution in [0.5, 0.6) is 0 Å². The number of imidazole rings is 1. The molecule has 1 aromatic heterocycles.